The van der Waals surface area contributed by atoms with E-state index in [2.05, 4.69) is 5.32 Å². The summed E-state index contributed by atoms with van der Waals surface area (Å²) in [6, 6.07) is 0.614. The fourth-order valence-corrected chi connectivity index (χ4v) is 2.96. The number of anilines is 1. The fourth-order valence-electron chi connectivity index (χ4n) is 1.98. The van der Waals surface area contributed by atoms with Gasteiger partial charge in [-0.3, -0.25) is 20.2 Å². The minimum absolute atomic E-state index is 0.121. The lowest BCUT2D eigenvalue weighted by Crippen LogP contribution is -2.17. The monoisotopic (exact) mass is 331 g/mol. The first-order valence-corrected chi connectivity index (χ1v) is 8.32. The number of sulfone groups is 1. The largest absolute Gasteiger partial charge is 0.371 e. The maximum Gasteiger partial charge on any atom is 0.303 e. The molecular weight excluding hydrogens is 314 g/mol. The molecule has 9 nitrogen and oxygen atoms in total. The molecule has 0 radical (unpaired) electrons. The van der Waals surface area contributed by atoms with Crippen LogP contribution in [0.5, 0.6) is 0 Å². The molecule has 10 heteroatoms. The molecule has 1 unspecified atom stereocenters. The highest BCUT2D eigenvalue weighted by molar-refractivity contribution is 7.90. The molecule has 0 heterocycles. The number of benzene rings is 1. The van der Waals surface area contributed by atoms with E-state index < -0.39 is 36.0 Å². The van der Waals surface area contributed by atoms with Crippen molar-refractivity contribution in [3.63, 3.8) is 0 Å². The molecule has 1 atom stereocenters. The molecule has 1 aromatic rings. The Balaban J connectivity index is 3.85. The van der Waals surface area contributed by atoms with E-state index in [9.17, 15) is 28.6 Å². The van der Waals surface area contributed by atoms with Crippen LogP contribution in [0.2, 0.25) is 0 Å². The number of nitrogens with zero attached hydrogens (tertiary/aromatic N) is 2. The van der Waals surface area contributed by atoms with E-state index in [4.69, 9.17) is 0 Å². The zero-order valence-electron chi connectivity index (χ0n) is 12.6. The van der Waals surface area contributed by atoms with E-state index in [1.54, 1.807) is 6.92 Å². The van der Waals surface area contributed by atoms with Gasteiger partial charge in [-0.25, -0.2) is 8.42 Å². The minimum Gasteiger partial charge on any atom is -0.371 e. The Morgan fingerprint density at radius 2 is 1.82 bits per heavy atom. The van der Waals surface area contributed by atoms with Crippen molar-refractivity contribution in [1.29, 1.82) is 0 Å². The van der Waals surface area contributed by atoms with Gasteiger partial charge >= 0.3 is 11.4 Å². The summed E-state index contributed by atoms with van der Waals surface area (Å²) < 4.78 is 23.5. The van der Waals surface area contributed by atoms with Gasteiger partial charge in [-0.1, -0.05) is 6.92 Å². The Morgan fingerprint density at radius 3 is 2.18 bits per heavy atom. The van der Waals surface area contributed by atoms with Crippen LogP contribution in [0.4, 0.5) is 17.1 Å². The normalized spacial score (nSPS) is 12.7. The van der Waals surface area contributed by atoms with Gasteiger partial charge in [0.15, 0.2) is 15.5 Å². The Hall–Kier alpha value is -2.23. The lowest BCUT2D eigenvalue weighted by Gasteiger charge is -2.15. The van der Waals surface area contributed by atoms with Crippen molar-refractivity contribution < 1.29 is 18.3 Å². The Bertz CT molecular complexity index is 729. The molecule has 0 bridgehead atoms. The van der Waals surface area contributed by atoms with Crippen molar-refractivity contribution in [2.75, 3.05) is 11.6 Å². The molecule has 0 saturated carbocycles. The van der Waals surface area contributed by atoms with Gasteiger partial charge < -0.3 is 5.32 Å². The molecule has 0 aliphatic rings. The maximum atomic E-state index is 11.7. The number of rotatable bonds is 6. The molecule has 0 fully saturated rings. The third-order valence-corrected chi connectivity index (χ3v) is 4.49. The van der Waals surface area contributed by atoms with Crippen LogP contribution in [-0.2, 0) is 9.84 Å². The summed E-state index contributed by atoms with van der Waals surface area (Å²) in [5, 5.41) is 25.3. The quantitative estimate of drug-likeness (QED) is 0.625. The summed E-state index contributed by atoms with van der Waals surface area (Å²) in [5.74, 6) is 0. The highest BCUT2D eigenvalue weighted by Crippen LogP contribution is 2.41. The molecule has 0 aliphatic carbocycles. The van der Waals surface area contributed by atoms with Crippen LogP contribution in [0, 0.1) is 27.2 Å². The van der Waals surface area contributed by atoms with Gasteiger partial charge in [0.05, 0.1) is 14.7 Å². The van der Waals surface area contributed by atoms with Crippen molar-refractivity contribution in [2.24, 2.45) is 0 Å². The van der Waals surface area contributed by atoms with E-state index in [1.165, 1.54) is 6.92 Å². The molecule has 0 saturated heterocycles. The first-order chi connectivity index (χ1) is 10.0. The van der Waals surface area contributed by atoms with Crippen molar-refractivity contribution in [3.8, 4) is 0 Å². The van der Waals surface area contributed by atoms with Crippen LogP contribution < -0.4 is 5.32 Å². The van der Waals surface area contributed by atoms with Crippen LogP contribution in [0.25, 0.3) is 0 Å². The van der Waals surface area contributed by atoms with Gasteiger partial charge in [0.25, 0.3) is 0 Å². The first-order valence-electron chi connectivity index (χ1n) is 6.43. The van der Waals surface area contributed by atoms with Crippen LogP contribution >= 0.6 is 0 Å². The van der Waals surface area contributed by atoms with E-state index in [0.29, 0.717) is 6.42 Å². The predicted octanol–water partition coefficient (Wildman–Crippen LogP) is 2.43. The standard InChI is InChI=1S/C12H17N3O6S/c1-5-7(2)13-11-9(14(16)17)6-10(22(4,20)21)8(3)12(11)15(18)19/h6-7,13H,5H2,1-4H3. The third-order valence-electron chi connectivity index (χ3n) is 3.27. The Labute approximate surface area is 127 Å². The zero-order chi connectivity index (χ0) is 17.2. The zero-order valence-corrected chi connectivity index (χ0v) is 13.4. The van der Waals surface area contributed by atoms with E-state index in [0.717, 1.165) is 12.3 Å². The van der Waals surface area contributed by atoms with Crippen molar-refractivity contribution in [3.05, 3.63) is 31.9 Å². The smallest absolute Gasteiger partial charge is 0.303 e. The number of nitrogens with one attached hydrogen (secondary N) is 1. The van der Waals surface area contributed by atoms with Crippen LogP contribution in [0.15, 0.2) is 11.0 Å². The lowest BCUT2D eigenvalue weighted by molar-refractivity contribution is -0.393. The fraction of sp³-hybridized carbons (Fsp3) is 0.500. The summed E-state index contributed by atoms with van der Waals surface area (Å²) in [7, 11) is -3.83. The van der Waals surface area contributed by atoms with Gasteiger partial charge in [0, 0.05) is 23.9 Å². The number of nitro groups is 2. The Morgan fingerprint density at radius 1 is 1.27 bits per heavy atom. The summed E-state index contributed by atoms with van der Waals surface area (Å²) in [6.07, 6.45) is 1.44. The van der Waals surface area contributed by atoms with Gasteiger partial charge in [0.1, 0.15) is 0 Å². The van der Waals surface area contributed by atoms with Crippen LogP contribution in [-0.4, -0.2) is 30.6 Å². The van der Waals surface area contributed by atoms with Gasteiger partial charge in [-0.2, -0.15) is 0 Å². The highest BCUT2D eigenvalue weighted by atomic mass is 32.2. The summed E-state index contributed by atoms with van der Waals surface area (Å²) >= 11 is 0. The molecule has 22 heavy (non-hydrogen) atoms. The summed E-state index contributed by atoms with van der Waals surface area (Å²) in [6.45, 7) is 4.79. The first kappa shape index (κ1) is 17.8. The predicted molar refractivity (Wildman–Crippen MR) is 81.0 cm³/mol. The van der Waals surface area contributed by atoms with Crippen molar-refractivity contribution in [2.45, 2.75) is 38.1 Å². The Kier molecular flexibility index (Phi) is 5.07. The summed E-state index contributed by atoms with van der Waals surface area (Å²) in [4.78, 5) is 20.5. The second kappa shape index (κ2) is 6.26. The number of nitro benzene ring substituents is 2. The highest BCUT2D eigenvalue weighted by Gasteiger charge is 2.33. The second-order valence-electron chi connectivity index (χ2n) is 4.98. The molecule has 1 rings (SSSR count). The molecular formula is C12H17N3O6S. The minimum atomic E-state index is -3.83. The number of hydrogen-bond acceptors (Lipinski definition) is 7. The SMILES string of the molecule is CCC(C)Nc1c([N+](=O)[O-])cc(S(C)(=O)=O)c(C)c1[N+](=O)[O-]. The maximum absolute atomic E-state index is 11.7. The molecule has 0 spiro atoms. The topological polar surface area (TPSA) is 132 Å². The lowest BCUT2D eigenvalue weighted by atomic mass is 10.1. The van der Waals surface area contributed by atoms with E-state index in [-0.39, 0.29) is 17.3 Å². The van der Waals surface area contributed by atoms with E-state index in [1.807, 2.05) is 6.92 Å². The van der Waals surface area contributed by atoms with Gasteiger partial charge in [-0.15, -0.1) is 0 Å². The average Bonchev–Trinajstić information content (AvgIpc) is 2.36. The van der Waals surface area contributed by atoms with Gasteiger partial charge in [0.2, 0.25) is 0 Å². The second-order valence-corrected chi connectivity index (χ2v) is 6.97. The van der Waals surface area contributed by atoms with Crippen molar-refractivity contribution >= 4 is 26.9 Å². The van der Waals surface area contributed by atoms with Crippen LogP contribution in [0.3, 0.4) is 0 Å². The molecule has 1 aromatic carbocycles. The molecule has 1 N–H and O–H groups in total. The summed E-state index contributed by atoms with van der Waals surface area (Å²) in [5.41, 5.74) is -1.61. The molecule has 0 amide bonds. The number of hydrogen-bond donors (Lipinski definition) is 1. The third kappa shape index (κ3) is 3.50. The van der Waals surface area contributed by atoms with Crippen LogP contribution in [0.1, 0.15) is 25.8 Å². The molecule has 0 aromatic heterocycles. The van der Waals surface area contributed by atoms with Crippen molar-refractivity contribution in [1.82, 2.24) is 0 Å². The molecule has 0 aliphatic heterocycles. The average molecular weight is 331 g/mol. The van der Waals surface area contributed by atoms with E-state index >= 15 is 0 Å². The van der Waals surface area contributed by atoms with Gasteiger partial charge in [-0.05, 0) is 20.3 Å². The molecule has 122 valence electrons.